The van der Waals surface area contributed by atoms with Crippen LogP contribution in [-0.2, 0) is 21.2 Å². The molecule has 2 aromatic carbocycles. The number of ether oxygens (including phenoxy) is 2. The first-order valence-electron chi connectivity index (χ1n) is 8.85. The smallest absolute Gasteiger partial charge is 0.262 e. The van der Waals surface area contributed by atoms with E-state index < -0.39 is 15.9 Å². The molecule has 0 unspecified atom stereocenters. The summed E-state index contributed by atoms with van der Waals surface area (Å²) in [6.45, 7) is 3.72. The van der Waals surface area contributed by atoms with Crippen molar-refractivity contribution in [3.63, 3.8) is 0 Å². The molecule has 1 amide bonds. The van der Waals surface area contributed by atoms with Gasteiger partial charge in [-0.15, -0.1) is 0 Å². The number of sulfonamides is 1. The maximum atomic E-state index is 12.4. The molecule has 0 bridgehead atoms. The van der Waals surface area contributed by atoms with Gasteiger partial charge in [0, 0.05) is 26.1 Å². The first-order valence-corrected chi connectivity index (χ1v) is 10.3. The molecule has 0 aliphatic carbocycles. The van der Waals surface area contributed by atoms with Gasteiger partial charge < -0.3 is 14.8 Å². The number of amides is 1. The van der Waals surface area contributed by atoms with Gasteiger partial charge in [0.1, 0.15) is 10.5 Å². The van der Waals surface area contributed by atoms with Crippen molar-refractivity contribution in [2.45, 2.75) is 30.8 Å². The summed E-state index contributed by atoms with van der Waals surface area (Å²) in [5, 5.41) is 2.62. The molecule has 8 heteroatoms. The van der Waals surface area contributed by atoms with Gasteiger partial charge in [0.05, 0.1) is 5.69 Å². The van der Waals surface area contributed by atoms with Gasteiger partial charge in [0.15, 0.2) is 18.1 Å². The quantitative estimate of drug-likeness (QED) is 0.800. The van der Waals surface area contributed by atoms with E-state index in [4.69, 9.17) is 9.47 Å². The van der Waals surface area contributed by atoms with E-state index in [1.165, 1.54) is 20.2 Å². The minimum atomic E-state index is -3.68. The van der Waals surface area contributed by atoms with E-state index in [9.17, 15) is 13.2 Å². The molecule has 0 atom stereocenters. The van der Waals surface area contributed by atoms with Crippen LogP contribution < -0.4 is 14.8 Å². The molecular weight excluding hydrogens is 380 g/mol. The molecule has 2 aromatic rings. The summed E-state index contributed by atoms with van der Waals surface area (Å²) in [4.78, 5) is 12.4. The van der Waals surface area contributed by atoms with Gasteiger partial charge >= 0.3 is 0 Å². The summed E-state index contributed by atoms with van der Waals surface area (Å²) in [5.74, 6) is 0.680. The molecule has 150 valence electrons. The molecule has 0 saturated carbocycles. The topological polar surface area (TPSA) is 84.9 Å². The van der Waals surface area contributed by atoms with Gasteiger partial charge in [-0.3, -0.25) is 4.79 Å². The standard InChI is InChI=1S/C20H24N2O5S/c1-20(2)12-14-8-7-10-16(19(14)27-20)26-13-18(23)21-15-9-5-6-11-17(15)28(24,25)22(3)4/h5-11H,12-13H2,1-4H3,(H,21,23). The highest BCUT2D eigenvalue weighted by molar-refractivity contribution is 7.89. The lowest BCUT2D eigenvalue weighted by atomic mass is 10.0. The Bertz CT molecular complexity index is 999. The third kappa shape index (κ3) is 4.13. The molecule has 0 aromatic heterocycles. The molecule has 0 saturated heterocycles. The van der Waals surface area contributed by atoms with Gasteiger partial charge in [-0.2, -0.15) is 0 Å². The zero-order valence-electron chi connectivity index (χ0n) is 16.4. The van der Waals surface area contributed by atoms with Crippen molar-refractivity contribution in [3.8, 4) is 11.5 Å². The summed E-state index contributed by atoms with van der Waals surface area (Å²) in [6, 6.07) is 11.8. The second-order valence-corrected chi connectivity index (χ2v) is 9.52. The molecule has 0 radical (unpaired) electrons. The lowest BCUT2D eigenvalue weighted by molar-refractivity contribution is -0.118. The van der Waals surface area contributed by atoms with Crippen LogP contribution in [0.25, 0.3) is 0 Å². The zero-order chi connectivity index (χ0) is 20.5. The Kier molecular flexibility index (Phi) is 5.36. The van der Waals surface area contributed by atoms with Crippen molar-refractivity contribution in [2.75, 3.05) is 26.0 Å². The summed E-state index contributed by atoms with van der Waals surface area (Å²) in [5.41, 5.74) is 0.926. The van der Waals surface area contributed by atoms with Crippen LogP contribution in [0.15, 0.2) is 47.4 Å². The maximum Gasteiger partial charge on any atom is 0.262 e. The molecule has 1 aliphatic heterocycles. The van der Waals surface area contributed by atoms with Crippen molar-refractivity contribution < 1.29 is 22.7 Å². The molecule has 0 fully saturated rings. The van der Waals surface area contributed by atoms with Crippen molar-refractivity contribution in [1.29, 1.82) is 0 Å². The van der Waals surface area contributed by atoms with Crippen LogP contribution in [0.5, 0.6) is 11.5 Å². The SMILES string of the molecule is CN(C)S(=O)(=O)c1ccccc1NC(=O)COc1cccc2c1OC(C)(C)C2. The second kappa shape index (κ2) is 7.44. The first-order chi connectivity index (χ1) is 13.1. The van der Waals surface area contributed by atoms with Crippen molar-refractivity contribution in [1.82, 2.24) is 4.31 Å². The second-order valence-electron chi connectivity index (χ2n) is 7.40. The van der Waals surface area contributed by atoms with E-state index in [0.29, 0.717) is 11.5 Å². The average molecular weight is 404 g/mol. The Hall–Kier alpha value is -2.58. The van der Waals surface area contributed by atoms with E-state index >= 15 is 0 Å². The van der Waals surface area contributed by atoms with Crippen LogP contribution in [0.1, 0.15) is 19.4 Å². The number of hydrogen-bond acceptors (Lipinski definition) is 5. The molecule has 1 heterocycles. The van der Waals surface area contributed by atoms with Gasteiger partial charge in [0.2, 0.25) is 10.0 Å². The zero-order valence-corrected chi connectivity index (χ0v) is 17.2. The van der Waals surface area contributed by atoms with Crippen LogP contribution >= 0.6 is 0 Å². The van der Waals surface area contributed by atoms with Crippen molar-refractivity contribution in [2.24, 2.45) is 0 Å². The minimum Gasteiger partial charge on any atom is -0.483 e. The van der Waals surface area contributed by atoms with Crippen LogP contribution in [0.3, 0.4) is 0 Å². The van der Waals surface area contributed by atoms with Crippen LogP contribution in [0.4, 0.5) is 5.69 Å². The monoisotopic (exact) mass is 404 g/mol. The minimum absolute atomic E-state index is 0.0269. The predicted octanol–water partition coefficient (Wildman–Crippen LogP) is 2.67. The van der Waals surface area contributed by atoms with E-state index in [2.05, 4.69) is 5.32 Å². The highest BCUT2D eigenvalue weighted by Gasteiger charge is 2.32. The summed E-state index contributed by atoms with van der Waals surface area (Å²) < 4.78 is 37.5. The average Bonchev–Trinajstić information content (AvgIpc) is 2.94. The molecule has 28 heavy (non-hydrogen) atoms. The highest BCUT2D eigenvalue weighted by Crippen LogP contribution is 2.41. The fourth-order valence-corrected chi connectivity index (χ4v) is 4.06. The van der Waals surface area contributed by atoms with Gasteiger partial charge in [-0.1, -0.05) is 24.3 Å². The molecular formula is C20H24N2O5S. The third-order valence-corrected chi connectivity index (χ3v) is 6.21. The number of benzene rings is 2. The largest absolute Gasteiger partial charge is 0.483 e. The Morgan fingerprint density at radius 3 is 2.61 bits per heavy atom. The van der Waals surface area contributed by atoms with Gasteiger partial charge in [0.25, 0.3) is 5.91 Å². The lowest BCUT2D eigenvalue weighted by Crippen LogP contribution is -2.26. The fraction of sp³-hybridized carbons (Fsp3) is 0.350. The number of nitrogens with one attached hydrogen (secondary N) is 1. The summed E-state index contributed by atoms with van der Waals surface area (Å²) >= 11 is 0. The van der Waals surface area contributed by atoms with Gasteiger partial charge in [-0.05, 0) is 32.0 Å². The van der Waals surface area contributed by atoms with Crippen LogP contribution in [-0.4, -0.2) is 44.9 Å². The number of carbonyl (C=O) groups is 1. The number of hydrogen-bond donors (Lipinski definition) is 1. The highest BCUT2D eigenvalue weighted by atomic mass is 32.2. The van der Waals surface area contributed by atoms with Crippen LogP contribution in [0, 0.1) is 0 Å². The van der Waals surface area contributed by atoms with E-state index in [1.807, 2.05) is 26.0 Å². The van der Waals surface area contributed by atoms with Gasteiger partial charge in [-0.25, -0.2) is 12.7 Å². The predicted molar refractivity (Wildman–Crippen MR) is 106 cm³/mol. The molecule has 1 aliphatic rings. The van der Waals surface area contributed by atoms with Crippen molar-refractivity contribution in [3.05, 3.63) is 48.0 Å². The molecule has 0 spiro atoms. The van der Waals surface area contributed by atoms with E-state index in [1.54, 1.807) is 24.3 Å². The lowest BCUT2D eigenvalue weighted by Gasteiger charge is -2.18. The van der Waals surface area contributed by atoms with E-state index in [-0.39, 0.29) is 22.8 Å². The normalized spacial score (nSPS) is 15.0. The number of rotatable bonds is 6. The Labute approximate surface area is 165 Å². The molecule has 1 N–H and O–H groups in total. The Balaban J connectivity index is 1.72. The summed E-state index contributed by atoms with van der Waals surface area (Å²) in [6.07, 6.45) is 0.765. The van der Waals surface area contributed by atoms with Crippen LogP contribution in [0.2, 0.25) is 0 Å². The fourth-order valence-electron chi connectivity index (χ4n) is 3.02. The number of fused-ring (bicyclic) bond motifs is 1. The van der Waals surface area contributed by atoms with E-state index in [0.717, 1.165) is 16.3 Å². The Morgan fingerprint density at radius 2 is 1.89 bits per heavy atom. The van der Waals surface area contributed by atoms with Crippen molar-refractivity contribution >= 4 is 21.6 Å². The third-order valence-electron chi connectivity index (χ3n) is 4.33. The Morgan fingerprint density at radius 1 is 1.18 bits per heavy atom. The summed E-state index contributed by atoms with van der Waals surface area (Å²) in [7, 11) is -0.805. The number of nitrogens with zero attached hydrogens (tertiary/aromatic N) is 1. The first kappa shape index (κ1) is 20.2. The number of carbonyl (C=O) groups excluding carboxylic acids is 1. The maximum absolute atomic E-state index is 12.4. The number of para-hydroxylation sites is 2. The number of anilines is 1. The molecule has 7 nitrogen and oxygen atoms in total. The molecule has 3 rings (SSSR count).